The highest BCUT2D eigenvalue weighted by Gasteiger charge is 2.22. The molecule has 0 spiro atoms. The van der Waals surface area contributed by atoms with Crippen molar-refractivity contribution in [1.29, 1.82) is 0 Å². The summed E-state index contributed by atoms with van der Waals surface area (Å²) in [6.07, 6.45) is 0.272. The average molecular weight is 281 g/mol. The van der Waals surface area contributed by atoms with Gasteiger partial charge in [0.25, 0.3) is 0 Å². The first-order chi connectivity index (χ1) is 10.1. The Labute approximate surface area is 120 Å². The van der Waals surface area contributed by atoms with E-state index in [2.05, 4.69) is 0 Å². The Bertz CT molecular complexity index is 818. The fourth-order valence-corrected chi connectivity index (χ4v) is 2.72. The van der Waals surface area contributed by atoms with E-state index in [1.807, 2.05) is 0 Å². The number of aromatic hydroxyl groups is 2. The molecule has 21 heavy (non-hydrogen) atoms. The van der Waals surface area contributed by atoms with Gasteiger partial charge in [-0.15, -0.1) is 0 Å². The van der Waals surface area contributed by atoms with Gasteiger partial charge in [-0.25, -0.2) is 0 Å². The maximum atomic E-state index is 12.6. The lowest BCUT2D eigenvalue weighted by Crippen LogP contribution is -2.00. The summed E-state index contributed by atoms with van der Waals surface area (Å²) in [7, 11) is 0. The van der Waals surface area contributed by atoms with Gasteiger partial charge in [0.15, 0.2) is 5.78 Å². The Kier molecular flexibility index (Phi) is 2.94. The summed E-state index contributed by atoms with van der Waals surface area (Å²) in [4.78, 5) is 12.3. The second-order valence-corrected chi connectivity index (χ2v) is 4.88. The largest absolute Gasteiger partial charge is 0.507 e. The number of phenolic OH excluding ortho intramolecular Hbond substituents is 2. The molecule has 0 aliphatic heterocycles. The lowest BCUT2D eigenvalue weighted by Gasteiger charge is -2.12. The van der Waals surface area contributed by atoms with Gasteiger partial charge in [-0.05, 0) is 12.1 Å². The van der Waals surface area contributed by atoms with E-state index < -0.39 is 5.75 Å². The van der Waals surface area contributed by atoms with Crippen molar-refractivity contribution < 1.29 is 20.1 Å². The van der Waals surface area contributed by atoms with Crippen LogP contribution in [0.2, 0.25) is 0 Å². The van der Waals surface area contributed by atoms with E-state index >= 15 is 0 Å². The maximum Gasteiger partial charge on any atom is 0.201 e. The highest BCUT2D eigenvalue weighted by molar-refractivity contribution is 6.23. The molecule has 0 saturated carbocycles. The molecule has 0 unspecified atom stereocenters. The molecule has 2 N–H and O–H groups in total. The molecule has 1 radical (unpaired) electrons. The summed E-state index contributed by atoms with van der Waals surface area (Å²) < 4.78 is 0. The minimum Gasteiger partial charge on any atom is -0.507 e. The van der Waals surface area contributed by atoms with Gasteiger partial charge < -0.3 is 10.2 Å². The van der Waals surface area contributed by atoms with Crippen LogP contribution in [0.1, 0.15) is 23.7 Å². The third-order valence-electron chi connectivity index (χ3n) is 3.68. The highest BCUT2D eigenvalue weighted by atomic mass is 16.3. The fourth-order valence-electron chi connectivity index (χ4n) is 2.72. The zero-order valence-corrected chi connectivity index (χ0v) is 11.4. The number of fused-ring (bicyclic) bond motifs is 2. The van der Waals surface area contributed by atoms with Crippen molar-refractivity contribution in [2.75, 3.05) is 0 Å². The molecular formula is C17H13O4. The molecule has 0 heterocycles. The lowest BCUT2D eigenvalue weighted by molar-refractivity contribution is 0.0991. The van der Waals surface area contributed by atoms with Crippen LogP contribution in [0, 0.1) is 0 Å². The molecule has 0 amide bonds. The van der Waals surface area contributed by atoms with Crippen molar-refractivity contribution in [1.82, 2.24) is 0 Å². The summed E-state index contributed by atoms with van der Waals surface area (Å²) in [5.74, 6) is -0.981. The van der Waals surface area contributed by atoms with Crippen LogP contribution in [0.3, 0.4) is 0 Å². The summed E-state index contributed by atoms with van der Waals surface area (Å²) in [5, 5.41) is 33.5. The predicted molar refractivity (Wildman–Crippen MR) is 79.5 cm³/mol. The molecule has 3 aromatic carbocycles. The van der Waals surface area contributed by atoms with Crippen LogP contribution in [-0.4, -0.2) is 16.0 Å². The molecule has 3 aromatic rings. The molecule has 4 nitrogen and oxygen atoms in total. The molecule has 105 valence electrons. The van der Waals surface area contributed by atoms with Gasteiger partial charge in [0.05, 0.1) is 10.8 Å². The van der Waals surface area contributed by atoms with Crippen molar-refractivity contribution in [3.8, 4) is 17.2 Å². The van der Waals surface area contributed by atoms with Gasteiger partial charge in [0.2, 0.25) is 5.75 Å². The van der Waals surface area contributed by atoms with Crippen LogP contribution in [0.25, 0.3) is 21.5 Å². The Morgan fingerprint density at radius 2 is 1.43 bits per heavy atom. The molecule has 4 heteroatoms. The lowest BCUT2D eigenvalue weighted by atomic mass is 9.91. The van der Waals surface area contributed by atoms with E-state index in [1.54, 1.807) is 31.2 Å². The minimum absolute atomic E-state index is 0.0725. The number of phenols is 2. The van der Waals surface area contributed by atoms with Crippen molar-refractivity contribution in [3.63, 3.8) is 0 Å². The van der Waals surface area contributed by atoms with Gasteiger partial charge in [-0.3, -0.25) is 9.90 Å². The zero-order valence-electron chi connectivity index (χ0n) is 11.4. The van der Waals surface area contributed by atoms with E-state index in [-0.39, 0.29) is 34.5 Å². The Balaban J connectivity index is 2.68. The number of carbonyl (C=O) groups excluding carboxylic acids is 1. The van der Waals surface area contributed by atoms with Crippen molar-refractivity contribution >= 4 is 27.3 Å². The van der Waals surface area contributed by atoms with Gasteiger partial charge in [-0.2, -0.15) is 0 Å². The minimum atomic E-state index is -0.469. The summed E-state index contributed by atoms with van der Waals surface area (Å²) in [5.41, 5.74) is 0.369. The molecule has 0 atom stereocenters. The van der Waals surface area contributed by atoms with Crippen LogP contribution in [0.15, 0.2) is 36.4 Å². The number of hydrogen-bond donors (Lipinski definition) is 2. The number of Topliss-reactive ketones (excluding diaryl/α,β-unsaturated/α-hetero) is 1. The molecule has 0 saturated heterocycles. The van der Waals surface area contributed by atoms with Crippen LogP contribution in [0.4, 0.5) is 0 Å². The number of ketones is 1. The standard InChI is InChI=1S/C17H13O4/c1-2-11(18)14-9-5-3-7-12(19)15(9)17(21)16-10(14)6-4-8-13(16)20/h3-8,19-20H,2H2,1H3. The van der Waals surface area contributed by atoms with Crippen LogP contribution in [0.5, 0.6) is 17.2 Å². The molecule has 0 aromatic heterocycles. The Morgan fingerprint density at radius 3 is 1.86 bits per heavy atom. The van der Waals surface area contributed by atoms with Gasteiger partial charge in [0, 0.05) is 22.8 Å². The van der Waals surface area contributed by atoms with Crippen molar-refractivity contribution in [2.45, 2.75) is 13.3 Å². The second-order valence-electron chi connectivity index (χ2n) is 4.88. The van der Waals surface area contributed by atoms with Crippen molar-refractivity contribution in [2.24, 2.45) is 0 Å². The molecule has 0 aliphatic carbocycles. The van der Waals surface area contributed by atoms with E-state index in [1.165, 1.54) is 12.1 Å². The third-order valence-corrected chi connectivity index (χ3v) is 3.68. The van der Waals surface area contributed by atoms with E-state index in [0.717, 1.165) is 0 Å². The maximum absolute atomic E-state index is 12.6. The van der Waals surface area contributed by atoms with E-state index in [4.69, 9.17) is 0 Å². The summed E-state index contributed by atoms with van der Waals surface area (Å²) in [6, 6.07) is 9.27. The van der Waals surface area contributed by atoms with Crippen LogP contribution < -0.4 is 0 Å². The van der Waals surface area contributed by atoms with E-state index in [0.29, 0.717) is 16.3 Å². The first-order valence-electron chi connectivity index (χ1n) is 6.65. The van der Waals surface area contributed by atoms with Gasteiger partial charge in [-0.1, -0.05) is 31.2 Å². The van der Waals surface area contributed by atoms with E-state index in [9.17, 15) is 20.1 Å². The molecule has 0 aliphatic rings. The predicted octanol–water partition coefficient (Wildman–Crippen LogP) is 4.14. The quantitative estimate of drug-likeness (QED) is 0.547. The van der Waals surface area contributed by atoms with Crippen LogP contribution >= 0.6 is 0 Å². The smallest absolute Gasteiger partial charge is 0.201 e. The summed E-state index contributed by atoms with van der Waals surface area (Å²) >= 11 is 0. The average Bonchev–Trinajstić information content (AvgIpc) is 2.47. The number of rotatable bonds is 2. The van der Waals surface area contributed by atoms with Crippen LogP contribution in [-0.2, 0) is 5.11 Å². The number of carbonyl (C=O) groups is 1. The molecule has 0 bridgehead atoms. The molecule has 0 fully saturated rings. The highest BCUT2D eigenvalue weighted by Crippen LogP contribution is 2.45. The Morgan fingerprint density at radius 1 is 0.952 bits per heavy atom. The summed E-state index contributed by atoms with van der Waals surface area (Å²) in [6.45, 7) is 1.73. The van der Waals surface area contributed by atoms with Crippen molar-refractivity contribution in [3.05, 3.63) is 42.0 Å². The topological polar surface area (TPSA) is 77.4 Å². The number of hydrogen-bond acceptors (Lipinski definition) is 3. The normalized spacial score (nSPS) is 11.1. The SMILES string of the molecule is CCC(=O)c1c2cccc(O)c2c([O])c2c(O)cccc12. The Hall–Kier alpha value is -2.75. The van der Waals surface area contributed by atoms with Gasteiger partial charge >= 0.3 is 0 Å². The molecule has 3 rings (SSSR count). The second kappa shape index (κ2) is 4.66. The first kappa shape index (κ1) is 13.2. The third kappa shape index (κ3) is 1.80. The monoisotopic (exact) mass is 281 g/mol. The number of benzene rings is 3. The van der Waals surface area contributed by atoms with Gasteiger partial charge in [0.1, 0.15) is 11.5 Å². The fraction of sp³-hybridized carbons (Fsp3) is 0.118. The first-order valence-corrected chi connectivity index (χ1v) is 6.65. The molecular weight excluding hydrogens is 268 g/mol. The zero-order chi connectivity index (χ0) is 15.1.